The van der Waals surface area contributed by atoms with E-state index in [2.05, 4.69) is 155 Å². The molecule has 4 aromatic heterocycles. The SMILES string of the molecule is c1ccc2c(c1)nc1n(-c3ccc4c5ccccc5c5ccccc5c4n3)c3ccc(-c4ccc5sc6ccccc6c5c4)cc3n21. The zero-order valence-electron chi connectivity index (χ0n) is 25.1. The van der Waals surface area contributed by atoms with Crippen LogP contribution in [0.25, 0.3) is 97.4 Å². The van der Waals surface area contributed by atoms with Crippen molar-refractivity contribution in [2.24, 2.45) is 0 Å². The van der Waals surface area contributed by atoms with E-state index in [9.17, 15) is 0 Å². The topological polar surface area (TPSA) is 35.1 Å². The molecular formula is C42H24N4S. The van der Waals surface area contributed by atoms with Crippen molar-refractivity contribution >= 4 is 91.8 Å². The summed E-state index contributed by atoms with van der Waals surface area (Å²) >= 11 is 1.85. The average Bonchev–Trinajstić information content (AvgIpc) is 3.79. The molecule has 0 bridgehead atoms. The lowest BCUT2D eigenvalue weighted by Crippen LogP contribution is -1.99. The lowest BCUT2D eigenvalue weighted by atomic mass is 9.97. The van der Waals surface area contributed by atoms with Gasteiger partial charge in [-0.25, -0.2) is 9.97 Å². The van der Waals surface area contributed by atoms with Gasteiger partial charge in [0.2, 0.25) is 5.78 Å². The smallest absolute Gasteiger partial charge is 0.221 e. The summed E-state index contributed by atoms with van der Waals surface area (Å²) in [4.78, 5) is 10.6. The zero-order chi connectivity index (χ0) is 30.6. The lowest BCUT2D eigenvalue weighted by molar-refractivity contribution is 1.06. The zero-order valence-corrected chi connectivity index (χ0v) is 25.9. The highest BCUT2D eigenvalue weighted by Gasteiger charge is 2.20. The number of aromatic nitrogens is 4. The van der Waals surface area contributed by atoms with Gasteiger partial charge in [0, 0.05) is 30.9 Å². The highest BCUT2D eigenvalue weighted by molar-refractivity contribution is 7.25. The summed E-state index contributed by atoms with van der Waals surface area (Å²) in [6.45, 7) is 0. The predicted molar refractivity (Wildman–Crippen MR) is 198 cm³/mol. The van der Waals surface area contributed by atoms with Crippen molar-refractivity contribution in [2.75, 3.05) is 0 Å². The first-order valence-electron chi connectivity index (χ1n) is 15.8. The molecule has 11 aromatic rings. The summed E-state index contributed by atoms with van der Waals surface area (Å²) in [5.74, 6) is 1.71. The van der Waals surface area contributed by atoms with Crippen LogP contribution in [-0.4, -0.2) is 18.9 Å². The van der Waals surface area contributed by atoms with E-state index in [1.807, 2.05) is 11.3 Å². The molecule has 0 N–H and O–H groups in total. The third-order valence-corrected chi connectivity index (χ3v) is 10.9. The Kier molecular flexibility index (Phi) is 4.96. The highest BCUT2D eigenvalue weighted by Crippen LogP contribution is 2.39. The van der Waals surface area contributed by atoms with Gasteiger partial charge >= 0.3 is 0 Å². The number of para-hydroxylation sites is 2. The van der Waals surface area contributed by atoms with Gasteiger partial charge in [0.1, 0.15) is 5.82 Å². The Hall–Kier alpha value is -6.04. The molecule has 218 valence electrons. The second-order valence-corrected chi connectivity index (χ2v) is 13.3. The summed E-state index contributed by atoms with van der Waals surface area (Å²) in [5, 5.41) is 8.61. The van der Waals surface area contributed by atoms with Crippen LogP contribution in [0.4, 0.5) is 0 Å². The third-order valence-electron chi connectivity index (χ3n) is 9.71. The lowest BCUT2D eigenvalue weighted by Gasteiger charge is -2.12. The van der Waals surface area contributed by atoms with Crippen molar-refractivity contribution in [1.82, 2.24) is 18.9 Å². The van der Waals surface area contributed by atoms with Crippen LogP contribution in [0, 0.1) is 0 Å². The number of benzene rings is 7. The number of thiophene rings is 1. The number of pyridine rings is 1. The van der Waals surface area contributed by atoms with Crippen molar-refractivity contribution in [3.63, 3.8) is 0 Å². The van der Waals surface area contributed by atoms with Crippen LogP contribution < -0.4 is 0 Å². The van der Waals surface area contributed by atoms with Gasteiger partial charge in [0.25, 0.3) is 0 Å². The Balaban J connectivity index is 1.20. The second-order valence-electron chi connectivity index (χ2n) is 12.2. The molecule has 0 unspecified atom stereocenters. The molecule has 0 amide bonds. The fourth-order valence-electron chi connectivity index (χ4n) is 7.58. The summed E-state index contributed by atoms with van der Waals surface area (Å²) in [5.41, 5.74) is 7.60. The standard InChI is InChI=1S/C42H24N4S/c1-2-11-29-27(9-1)28-10-3-4-13-31(28)41-32(29)19-22-40(44-41)46-36-20-17-26(24-37(36)45-35-15-7-6-14-34(35)43-42(45)46)25-18-21-39-33(23-25)30-12-5-8-16-38(30)47-39/h1-24H. The first-order chi connectivity index (χ1) is 23.3. The fraction of sp³-hybridized carbons (Fsp3) is 0. The maximum atomic E-state index is 5.41. The quantitative estimate of drug-likeness (QED) is 0.181. The number of imidazole rings is 2. The van der Waals surface area contributed by atoms with Crippen LogP contribution >= 0.6 is 11.3 Å². The van der Waals surface area contributed by atoms with Gasteiger partial charge in [0.15, 0.2) is 0 Å². The molecule has 0 aliphatic heterocycles. The first kappa shape index (κ1) is 25.2. The fourth-order valence-corrected chi connectivity index (χ4v) is 8.67. The Morgan fingerprint density at radius 1 is 0.426 bits per heavy atom. The van der Waals surface area contributed by atoms with E-state index < -0.39 is 0 Å². The molecule has 4 nitrogen and oxygen atoms in total. The van der Waals surface area contributed by atoms with Gasteiger partial charge in [-0.2, -0.15) is 0 Å². The monoisotopic (exact) mass is 616 g/mol. The summed E-state index contributed by atoms with van der Waals surface area (Å²) < 4.78 is 7.14. The molecule has 0 spiro atoms. The van der Waals surface area contributed by atoms with Crippen LogP contribution in [0.1, 0.15) is 0 Å². The van der Waals surface area contributed by atoms with E-state index in [0.717, 1.165) is 50.0 Å². The summed E-state index contributed by atoms with van der Waals surface area (Å²) in [7, 11) is 0. The number of rotatable bonds is 2. The van der Waals surface area contributed by atoms with Gasteiger partial charge < -0.3 is 0 Å². The normalized spacial score (nSPS) is 12.3. The molecule has 0 atom stereocenters. The van der Waals surface area contributed by atoms with Gasteiger partial charge in [-0.05, 0) is 81.9 Å². The molecular weight excluding hydrogens is 593 g/mol. The molecule has 47 heavy (non-hydrogen) atoms. The van der Waals surface area contributed by atoms with E-state index in [1.165, 1.54) is 47.5 Å². The van der Waals surface area contributed by atoms with Crippen molar-refractivity contribution < 1.29 is 0 Å². The van der Waals surface area contributed by atoms with Gasteiger partial charge in [-0.15, -0.1) is 11.3 Å². The highest BCUT2D eigenvalue weighted by atomic mass is 32.1. The number of fused-ring (bicyclic) bond motifs is 14. The second kappa shape index (κ2) is 9.25. The Bertz CT molecular complexity index is 3050. The van der Waals surface area contributed by atoms with Crippen molar-refractivity contribution in [1.29, 1.82) is 0 Å². The molecule has 5 heteroatoms. The van der Waals surface area contributed by atoms with Crippen LogP contribution in [-0.2, 0) is 0 Å². The summed E-state index contributed by atoms with van der Waals surface area (Å²) in [6.07, 6.45) is 0. The first-order valence-corrected chi connectivity index (χ1v) is 16.7. The molecule has 7 aromatic carbocycles. The molecule has 0 saturated carbocycles. The average molecular weight is 617 g/mol. The van der Waals surface area contributed by atoms with E-state index in [0.29, 0.717) is 0 Å². The van der Waals surface area contributed by atoms with Gasteiger partial charge in [-0.3, -0.25) is 8.97 Å². The number of hydrogen-bond acceptors (Lipinski definition) is 3. The largest absolute Gasteiger partial charge is 0.276 e. The van der Waals surface area contributed by atoms with E-state index >= 15 is 0 Å². The van der Waals surface area contributed by atoms with Crippen LogP contribution in [0.15, 0.2) is 146 Å². The van der Waals surface area contributed by atoms with Crippen LogP contribution in [0.5, 0.6) is 0 Å². The van der Waals surface area contributed by atoms with Crippen molar-refractivity contribution in [3.8, 4) is 16.9 Å². The Morgan fingerprint density at radius 2 is 1.06 bits per heavy atom. The van der Waals surface area contributed by atoms with Gasteiger partial charge in [0.05, 0.1) is 27.6 Å². The minimum atomic E-state index is 0.854. The van der Waals surface area contributed by atoms with Crippen molar-refractivity contribution in [2.45, 2.75) is 0 Å². The molecule has 0 aliphatic carbocycles. The minimum Gasteiger partial charge on any atom is -0.276 e. The van der Waals surface area contributed by atoms with Crippen LogP contribution in [0.2, 0.25) is 0 Å². The molecule has 0 fully saturated rings. The Morgan fingerprint density at radius 3 is 1.91 bits per heavy atom. The molecule has 0 saturated heterocycles. The summed E-state index contributed by atoms with van der Waals surface area (Å²) in [6, 6.07) is 52.3. The Labute approximate surface area is 272 Å². The predicted octanol–water partition coefficient (Wildman–Crippen LogP) is 11.3. The number of hydrogen-bond donors (Lipinski definition) is 0. The van der Waals surface area contributed by atoms with Gasteiger partial charge in [-0.1, -0.05) is 91.0 Å². The molecule has 4 heterocycles. The number of nitrogens with zero attached hydrogens (tertiary/aromatic N) is 4. The molecule has 11 rings (SSSR count). The molecule has 0 aliphatic rings. The van der Waals surface area contributed by atoms with E-state index in [1.54, 1.807) is 0 Å². The minimum absolute atomic E-state index is 0.854. The maximum Gasteiger partial charge on any atom is 0.221 e. The van der Waals surface area contributed by atoms with Crippen molar-refractivity contribution in [3.05, 3.63) is 146 Å². The van der Waals surface area contributed by atoms with Crippen LogP contribution in [0.3, 0.4) is 0 Å². The molecule has 0 radical (unpaired) electrons. The van der Waals surface area contributed by atoms with E-state index in [-0.39, 0.29) is 0 Å². The third kappa shape index (κ3) is 3.46. The van der Waals surface area contributed by atoms with E-state index in [4.69, 9.17) is 9.97 Å². The maximum absolute atomic E-state index is 5.41.